The summed E-state index contributed by atoms with van der Waals surface area (Å²) in [6, 6.07) is 6.80. The van der Waals surface area contributed by atoms with Crippen LogP contribution in [0.3, 0.4) is 0 Å². The van der Waals surface area contributed by atoms with E-state index in [2.05, 4.69) is 10.3 Å². The van der Waals surface area contributed by atoms with Crippen molar-refractivity contribution in [2.75, 3.05) is 17.7 Å². The highest BCUT2D eigenvalue weighted by molar-refractivity contribution is 7.99. The number of thioether (sulfide) groups is 1. The Morgan fingerprint density at radius 1 is 1.24 bits per heavy atom. The number of nitrogens with two attached hydrogens (primary N) is 1. The molecule has 0 unspecified atom stereocenters. The second-order valence-electron chi connectivity index (χ2n) is 7.34. The predicted molar refractivity (Wildman–Crippen MR) is 124 cm³/mol. The Kier molecular flexibility index (Phi) is 7.22. The van der Waals surface area contributed by atoms with Crippen molar-refractivity contribution < 1.29 is 23.5 Å². The molecule has 0 atom stereocenters. The molecule has 3 rings (SSSR count). The fourth-order valence-corrected chi connectivity index (χ4v) is 4.22. The molecular weight excluding hydrogens is 448 g/mol. The summed E-state index contributed by atoms with van der Waals surface area (Å²) < 4.78 is 11.9. The molecule has 3 aromatic rings. The van der Waals surface area contributed by atoms with Gasteiger partial charge >= 0.3 is 5.97 Å². The molecule has 0 spiro atoms. The van der Waals surface area contributed by atoms with Crippen molar-refractivity contribution in [3.8, 4) is 0 Å². The third-order valence-corrected chi connectivity index (χ3v) is 5.64. The molecule has 33 heavy (non-hydrogen) atoms. The maximum atomic E-state index is 12.9. The second kappa shape index (κ2) is 9.90. The van der Waals surface area contributed by atoms with Crippen molar-refractivity contribution >= 4 is 46.3 Å². The number of aryl methyl sites for hydroxylation is 1. The number of benzene rings is 1. The monoisotopic (exact) mass is 472 g/mol. The molecule has 11 heteroatoms. The summed E-state index contributed by atoms with van der Waals surface area (Å²) in [7, 11) is 0. The summed E-state index contributed by atoms with van der Waals surface area (Å²) >= 11 is 1.06. The van der Waals surface area contributed by atoms with Crippen LogP contribution in [0.4, 0.5) is 5.88 Å². The van der Waals surface area contributed by atoms with Gasteiger partial charge in [-0.1, -0.05) is 23.9 Å². The maximum absolute atomic E-state index is 12.9. The number of esters is 1. The molecule has 2 aromatic heterocycles. The number of amides is 2. The van der Waals surface area contributed by atoms with Crippen LogP contribution in [0.25, 0.3) is 10.9 Å². The number of nitrogens with one attached hydrogen (secondary N) is 1. The molecule has 2 heterocycles. The first-order valence-electron chi connectivity index (χ1n) is 10.2. The minimum Gasteiger partial charge on any atom is -0.462 e. The summed E-state index contributed by atoms with van der Waals surface area (Å²) in [6.45, 7) is 6.88. The number of nitrogens with zero attached hydrogens (tertiary/aromatic N) is 2. The molecule has 2 amide bonds. The number of hydrogen-bond donors (Lipinski definition) is 2. The van der Waals surface area contributed by atoms with Gasteiger partial charge in [0.25, 0.3) is 11.5 Å². The number of primary amides is 1. The van der Waals surface area contributed by atoms with Crippen LogP contribution in [0.5, 0.6) is 0 Å². The van der Waals surface area contributed by atoms with Gasteiger partial charge in [-0.3, -0.25) is 24.3 Å². The van der Waals surface area contributed by atoms with Crippen molar-refractivity contribution in [3.63, 3.8) is 0 Å². The molecule has 10 nitrogen and oxygen atoms in total. The molecule has 3 N–H and O–H groups in total. The van der Waals surface area contributed by atoms with Crippen molar-refractivity contribution in [2.24, 2.45) is 5.73 Å². The lowest BCUT2D eigenvalue weighted by atomic mass is 10.1. The van der Waals surface area contributed by atoms with E-state index in [1.165, 1.54) is 11.5 Å². The Morgan fingerprint density at radius 3 is 2.58 bits per heavy atom. The van der Waals surface area contributed by atoms with E-state index in [-0.39, 0.29) is 46.7 Å². The van der Waals surface area contributed by atoms with Crippen LogP contribution in [0, 0.1) is 6.92 Å². The number of hydrogen-bond acceptors (Lipinski definition) is 8. The normalized spacial score (nSPS) is 11.1. The number of carbonyl (C=O) groups is 3. The molecule has 0 radical (unpaired) electrons. The van der Waals surface area contributed by atoms with Gasteiger partial charge in [0.05, 0.1) is 23.3 Å². The number of para-hydroxylation sites is 1. The van der Waals surface area contributed by atoms with Crippen LogP contribution < -0.4 is 16.6 Å². The molecule has 0 aliphatic carbocycles. The summed E-state index contributed by atoms with van der Waals surface area (Å²) in [5.74, 6) is -2.53. The predicted octanol–water partition coefficient (Wildman–Crippen LogP) is 2.89. The number of ether oxygens (including phenoxy) is 1. The number of carbonyl (C=O) groups excluding carboxylic acids is 3. The molecule has 0 bridgehead atoms. The van der Waals surface area contributed by atoms with Crippen LogP contribution in [-0.2, 0) is 9.53 Å². The Hall–Kier alpha value is -3.60. The molecule has 0 aliphatic heterocycles. The lowest BCUT2D eigenvalue weighted by Gasteiger charge is -2.15. The van der Waals surface area contributed by atoms with Gasteiger partial charge in [0.15, 0.2) is 5.16 Å². The largest absolute Gasteiger partial charge is 0.462 e. The number of anilines is 1. The molecule has 0 aliphatic rings. The zero-order valence-electron chi connectivity index (χ0n) is 18.6. The number of furan rings is 1. The Balaban J connectivity index is 1.86. The van der Waals surface area contributed by atoms with Gasteiger partial charge in [-0.2, -0.15) is 0 Å². The quantitative estimate of drug-likeness (QED) is 0.289. The number of rotatable bonds is 8. The molecule has 174 valence electrons. The third-order valence-electron chi connectivity index (χ3n) is 4.69. The van der Waals surface area contributed by atoms with Crippen LogP contribution in [-0.4, -0.2) is 39.7 Å². The van der Waals surface area contributed by atoms with E-state index in [9.17, 15) is 19.2 Å². The second-order valence-corrected chi connectivity index (χ2v) is 8.28. The SMILES string of the molecule is CCOC(=O)c1c(C)oc(NC(=O)CSc2nc3ccccc3c(=O)n2C(C)C)c1C(N)=O. The van der Waals surface area contributed by atoms with Crippen molar-refractivity contribution in [3.05, 3.63) is 51.5 Å². The van der Waals surface area contributed by atoms with E-state index in [0.29, 0.717) is 16.1 Å². The van der Waals surface area contributed by atoms with Crippen molar-refractivity contribution in [2.45, 2.75) is 38.9 Å². The third kappa shape index (κ3) is 4.92. The first kappa shape index (κ1) is 24.1. The minimum absolute atomic E-state index is 0.0926. The van der Waals surface area contributed by atoms with E-state index in [1.807, 2.05) is 13.8 Å². The average Bonchev–Trinajstić information content (AvgIpc) is 3.08. The summed E-state index contributed by atoms with van der Waals surface area (Å²) in [5, 5.41) is 3.34. The molecular formula is C22H24N4O6S. The standard InChI is InChI=1S/C22H24N4O6S/c1-5-31-21(30)16-12(4)32-19(17(16)18(23)28)25-15(27)10-33-22-24-14-9-7-6-8-13(14)20(29)26(22)11(2)3/h6-9,11H,5,10H2,1-4H3,(H2,23,28)(H,25,27). The van der Waals surface area contributed by atoms with E-state index < -0.39 is 17.8 Å². The van der Waals surface area contributed by atoms with Gasteiger partial charge in [-0.25, -0.2) is 9.78 Å². The first-order chi connectivity index (χ1) is 15.6. The molecule has 0 fully saturated rings. The Morgan fingerprint density at radius 2 is 1.94 bits per heavy atom. The van der Waals surface area contributed by atoms with Gasteiger partial charge in [-0.15, -0.1) is 0 Å². The van der Waals surface area contributed by atoms with Crippen molar-refractivity contribution in [1.82, 2.24) is 9.55 Å². The first-order valence-corrected chi connectivity index (χ1v) is 11.2. The van der Waals surface area contributed by atoms with Gasteiger partial charge in [0, 0.05) is 6.04 Å². The van der Waals surface area contributed by atoms with Gasteiger partial charge in [0.1, 0.15) is 16.9 Å². The topological polar surface area (TPSA) is 147 Å². The summed E-state index contributed by atoms with van der Waals surface area (Å²) in [5.41, 5.74) is 5.36. The van der Waals surface area contributed by atoms with E-state index in [1.54, 1.807) is 31.2 Å². The maximum Gasteiger partial charge on any atom is 0.342 e. The highest BCUT2D eigenvalue weighted by Gasteiger charge is 2.29. The van der Waals surface area contributed by atoms with E-state index in [4.69, 9.17) is 14.9 Å². The fourth-order valence-electron chi connectivity index (χ4n) is 3.29. The van der Waals surface area contributed by atoms with E-state index >= 15 is 0 Å². The van der Waals surface area contributed by atoms with Gasteiger partial charge in [0.2, 0.25) is 11.8 Å². The minimum atomic E-state index is -0.942. The lowest BCUT2D eigenvalue weighted by Crippen LogP contribution is -2.26. The average molecular weight is 473 g/mol. The summed E-state index contributed by atoms with van der Waals surface area (Å²) in [4.78, 5) is 54.2. The van der Waals surface area contributed by atoms with Gasteiger partial charge in [-0.05, 0) is 39.8 Å². The molecule has 0 saturated heterocycles. The lowest BCUT2D eigenvalue weighted by molar-refractivity contribution is -0.113. The van der Waals surface area contributed by atoms with Crippen LogP contribution >= 0.6 is 11.8 Å². The zero-order valence-corrected chi connectivity index (χ0v) is 19.4. The Bertz CT molecular complexity index is 1290. The van der Waals surface area contributed by atoms with Crippen LogP contribution in [0.15, 0.2) is 38.6 Å². The van der Waals surface area contributed by atoms with Gasteiger partial charge < -0.3 is 14.9 Å². The summed E-state index contributed by atoms with van der Waals surface area (Å²) in [6.07, 6.45) is 0. The number of fused-ring (bicyclic) bond motifs is 1. The molecule has 1 aromatic carbocycles. The number of aromatic nitrogens is 2. The smallest absolute Gasteiger partial charge is 0.342 e. The highest BCUT2D eigenvalue weighted by Crippen LogP contribution is 2.28. The van der Waals surface area contributed by atoms with E-state index in [0.717, 1.165) is 11.8 Å². The van der Waals surface area contributed by atoms with Crippen LogP contribution in [0.2, 0.25) is 0 Å². The van der Waals surface area contributed by atoms with Crippen LogP contribution in [0.1, 0.15) is 53.3 Å². The van der Waals surface area contributed by atoms with Crippen molar-refractivity contribution in [1.29, 1.82) is 0 Å². The highest BCUT2D eigenvalue weighted by atomic mass is 32.2. The fraction of sp³-hybridized carbons (Fsp3) is 0.318. The zero-order chi connectivity index (χ0) is 24.3. The molecule has 0 saturated carbocycles. The Labute approximate surface area is 193 Å².